The Bertz CT molecular complexity index is 293. The quantitative estimate of drug-likeness (QED) is 0.596. The van der Waals surface area contributed by atoms with E-state index in [0.29, 0.717) is 0 Å². The van der Waals surface area contributed by atoms with E-state index in [1.54, 1.807) is 0 Å². The van der Waals surface area contributed by atoms with Gasteiger partial charge < -0.3 is 10.8 Å². The van der Waals surface area contributed by atoms with Crippen LogP contribution in [0.25, 0.3) is 0 Å². The Morgan fingerprint density at radius 1 is 1.23 bits per heavy atom. The van der Waals surface area contributed by atoms with E-state index in [9.17, 15) is 5.11 Å². The summed E-state index contributed by atoms with van der Waals surface area (Å²) in [5.41, 5.74) is 6.37. The summed E-state index contributed by atoms with van der Waals surface area (Å²) in [5, 5.41) is 9.64. The molecule has 1 aromatic carbocycles. The van der Waals surface area contributed by atoms with Crippen LogP contribution in [-0.4, -0.2) is 11.7 Å². The van der Waals surface area contributed by atoms with Gasteiger partial charge in [-0.1, -0.05) is 0 Å². The lowest BCUT2D eigenvalue weighted by molar-refractivity contribution is 0.185. The molecule has 0 amide bonds. The van der Waals surface area contributed by atoms with Crippen molar-refractivity contribution in [2.75, 3.05) is 6.54 Å². The third-order valence-corrected chi connectivity index (χ3v) is 4.01. The lowest BCUT2D eigenvalue weighted by Crippen LogP contribution is -2.14. The molecule has 72 valence electrons. The zero-order valence-electron chi connectivity index (χ0n) is 6.60. The fourth-order valence-corrected chi connectivity index (χ4v) is 5.29. The van der Waals surface area contributed by atoms with E-state index in [-0.39, 0.29) is 6.54 Å². The van der Waals surface area contributed by atoms with Crippen LogP contribution in [0.2, 0.25) is 0 Å². The summed E-state index contributed by atoms with van der Waals surface area (Å²) in [7, 11) is 0. The Morgan fingerprint density at radius 2 is 1.69 bits per heavy atom. The topological polar surface area (TPSA) is 46.2 Å². The van der Waals surface area contributed by atoms with Crippen molar-refractivity contribution in [3.8, 4) is 0 Å². The van der Waals surface area contributed by atoms with Gasteiger partial charge in [0.05, 0.1) is 6.10 Å². The molecule has 0 radical (unpaired) electrons. The van der Waals surface area contributed by atoms with Gasteiger partial charge in [-0.15, -0.1) is 0 Å². The number of halogens is 3. The lowest BCUT2D eigenvalue weighted by atomic mass is 10.1. The van der Waals surface area contributed by atoms with Gasteiger partial charge in [-0.05, 0) is 79.9 Å². The van der Waals surface area contributed by atoms with Crippen molar-refractivity contribution in [2.24, 2.45) is 5.73 Å². The second-order valence-corrected chi connectivity index (χ2v) is 6.10. The molecular weight excluding hydrogens is 507 g/mol. The molecule has 13 heavy (non-hydrogen) atoms. The number of hydrogen-bond donors (Lipinski definition) is 2. The molecule has 0 spiro atoms. The van der Waals surface area contributed by atoms with Crippen LogP contribution >= 0.6 is 67.8 Å². The maximum Gasteiger partial charge on any atom is 0.0932 e. The molecule has 5 heteroatoms. The maximum atomic E-state index is 9.64. The summed E-state index contributed by atoms with van der Waals surface area (Å²) in [4.78, 5) is 0. The fraction of sp³-hybridized carbons (Fsp3) is 0.250. The van der Waals surface area contributed by atoms with Gasteiger partial charge in [0.1, 0.15) is 0 Å². The molecule has 0 bridgehead atoms. The molecule has 0 heterocycles. The number of aliphatic hydroxyl groups is 1. The third-order valence-electron chi connectivity index (χ3n) is 1.60. The standard InChI is InChI=1S/C8H8I3NO/c9-4-1-5(10)8(6(11)2-4)7(13)3-12/h1-2,7,13H,3,12H2. The number of hydrogen-bond acceptors (Lipinski definition) is 2. The second kappa shape index (κ2) is 5.42. The zero-order valence-corrected chi connectivity index (χ0v) is 13.1. The van der Waals surface area contributed by atoms with Crippen molar-refractivity contribution < 1.29 is 5.11 Å². The summed E-state index contributed by atoms with van der Waals surface area (Å²) in [6.07, 6.45) is -0.546. The van der Waals surface area contributed by atoms with Crippen LogP contribution in [-0.2, 0) is 0 Å². The van der Waals surface area contributed by atoms with Crippen molar-refractivity contribution >= 4 is 67.8 Å². The molecule has 0 fully saturated rings. The highest BCUT2D eigenvalue weighted by Crippen LogP contribution is 2.27. The molecule has 3 N–H and O–H groups in total. The lowest BCUT2D eigenvalue weighted by Gasteiger charge is -2.13. The first-order chi connectivity index (χ1) is 6.06. The SMILES string of the molecule is NCC(O)c1c(I)cc(I)cc1I. The summed E-state index contributed by atoms with van der Waals surface area (Å²) in [5.74, 6) is 0. The van der Waals surface area contributed by atoms with E-state index in [2.05, 4.69) is 67.8 Å². The minimum atomic E-state index is -0.546. The van der Waals surface area contributed by atoms with Crippen molar-refractivity contribution in [1.29, 1.82) is 0 Å². The van der Waals surface area contributed by atoms with Crippen LogP contribution < -0.4 is 5.73 Å². The van der Waals surface area contributed by atoms with Crippen molar-refractivity contribution in [3.63, 3.8) is 0 Å². The molecule has 1 aromatic rings. The Labute approximate surface area is 118 Å². The average molecular weight is 515 g/mol. The molecule has 1 atom stereocenters. The Morgan fingerprint density at radius 3 is 2.08 bits per heavy atom. The number of nitrogens with two attached hydrogens (primary N) is 1. The van der Waals surface area contributed by atoms with Crippen LogP contribution in [0.3, 0.4) is 0 Å². The van der Waals surface area contributed by atoms with E-state index >= 15 is 0 Å². The predicted molar refractivity (Wildman–Crippen MR) is 78.6 cm³/mol. The Balaban J connectivity index is 3.20. The first kappa shape index (κ1) is 12.4. The molecule has 0 saturated carbocycles. The minimum Gasteiger partial charge on any atom is -0.387 e. The van der Waals surface area contributed by atoms with Gasteiger partial charge in [0.25, 0.3) is 0 Å². The van der Waals surface area contributed by atoms with Gasteiger partial charge >= 0.3 is 0 Å². The van der Waals surface area contributed by atoms with E-state index in [0.717, 1.165) is 12.7 Å². The normalized spacial score (nSPS) is 13.0. The second-order valence-electron chi connectivity index (χ2n) is 2.53. The first-order valence-corrected chi connectivity index (χ1v) is 6.82. The van der Waals surface area contributed by atoms with Crippen molar-refractivity contribution in [3.05, 3.63) is 28.4 Å². The molecule has 1 rings (SSSR count). The van der Waals surface area contributed by atoms with Gasteiger partial charge in [-0.3, -0.25) is 0 Å². The van der Waals surface area contributed by atoms with Crippen LogP contribution in [0, 0.1) is 10.7 Å². The fourth-order valence-electron chi connectivity index (χ4n) is 0.990. The molecule has 0 aliphatic rings. The summed E-state index contributed by atoms with van der Waals surface area (Å²) >= 11 is 6.71. The highest BCUT2D eigenvalue weighted by atomic mass is 127. The van der Waals surface area contributed by atoms with E-state index in [1.165, 1.54) is 3.57 Å². The van der Waals surface area contributed by atoms with E-state index in [1.807, 2.05) is 12.1 Å². The summed E-state index contributed by atoms with van der Waals surface area (Å²) in [6.45, 7) is 0.270. The zero-order chi connectivity index (χ0) is 10.0. The minimum absolute atomic E-state index is 0.270. The highest BCUT2D eigenvalue weighted by Gasteiger charge is 2.13. The van der Waals surface area contributed by atoms with Gasteiger partial charge in [0.15, 0.2) is 0 Å². The van der Waals surface area contributed by atoms with Crippen molar-refractivity contribution in [1.82, 2.24) is 0 Å². The van der Waals surface area contributed by atoms with Crippen LogP contribution in [0.5, 0.6) is 0 Å². The number of aliphatic hydroxyl groups excluding tert-OH is 1. The number of benzene rings is 1. The van der Waals surface area contributed by atoms with E-state index in [4.69, 9.17) is 5.73 Å². The molecular formula is C8H8I3NO. The third kappa shape index (κ3) is 3.14. The smallest absolute Gasteiger partial charge is 0.0932 e. The molecule has 0 saturated heterocycles. The Kier molecular flexibility index (Phi) is 5.17. The van der Waals surface area contributed by atoms with Crippen molar-refractivity contribution in [2.45, 2.75) is 6.10 Å². The van der Waals surface area contributed by atoms with Gasteiger partial charge in [0, 0.05) is 22.8 Å². The maximum absolute atomic E-state index is 9.64. The molecule has 0 aliphatic heterocycles. The number of rotatable bonds is 2. The molecule has 0 aliphatic carbocycles. The average Bonchev–Trinajstić information content (AvgIpc) is 2.02. The largest absolute Gasteiger partial charge is 0.387 e. The van der Waals surface area contributed by atoms with Gasteiger partial charge in [-0.25, -0.2) is 0 Å². The molecule has 0 aromatic heterocycles. The van der Waals surface area contributed by atoms with Gasteiger partial charge in [0.2, 0.25) is 0 Å². The summed E-state index contributed by atoms with van der Waals surface area (Å²) < 4.78 is 3.33. The van der Waals surface area contributed by atoms with Crippen LogP contribution in [0.15, 0.2) is 12.1 Å². The van der Waals surface area contributed by atoms with Gasteiger partial charge in [-0.2, -0.15) is 0 Å². The predicted octanol–water partition coefficient (Wildman–Crippen LogP) is 2.49. The monoisotopic (exact) mass is 515 g/mol. The Hall–Kier alpha value is 1.33. The summed E-state index contributed by atoms with van der Waals surface area (Å²) in [6, 6.07) is 4.08. The molecule has 2 nitrogen and oxygen atoms in total. The molecule has 1 unspecified atom stereocenters. The first-order valence-electron chi connectivity index (χ1n) is 3.59. The van der Waals surface area contributed by atoms with Crippen LogP contribution in [0.4, 0.5) is 0 Å². The highest BCUT2D eigenvalue weighted by molar-refractivity contribution is 14.1. The van der Waals surface area contributed by atoms with Crippen LogP contribution in [0.1, 0.15) is 11.7 Å². The van der Waals surface area contributed by atoms with E-state index < -0.39 is 6.10 Å².